The number of aryl methyl sites for hydroxylation is 5. The molecule has 0 radical (unpaired) electrons. The predicted molar refractivity (Wildman–Crippen MR) is 222 cm³/mol. The van der Waals surface area contributed by atoms with Crippen LogP contribution in [-0.2, 0) is 0 Å². The van der Waals surface area contributed by atoms with Crippen molar-refractivity contribution < 1.29 is 0 Å². The molecule has 0 aliphatic heterocycles. The van der Waals surface area contributed by atoms with E-state index in [0.29, 0.717) is 0 Å². The molecule has 50 heavy (non-hydrogen) atoms. The highest BCUT2D eigenvalue weighted by atomic mass is 32.1. The Morgan fingerprint density at radius 2 is 1.14 bits per heavy atom. The average Bonchev–Trinajstić information content (AvgIpc) is 3.97. The van der Waals surface area contributed by atoms with Gasteiger partial charge in [0.25, 0.3) is 0 Å². The average molecular weight is 746 g/mol. The molecule has 0 saturated heterocycles. The van der Waals surface area contributed by atoms with E-state index in [1.165, 1.54) is 66.4 Å². The third kappa shape index (κ3) is 9.01. The maximum atomic E-state index is 4.19. The van der Waals surface area contributed by atoms with Gasteiger partial charge in [-0.25, -0.2) is 0 Å². The number of aromatic nitrogens is 5. The number of hydrogen-bond acceptors (Lipinski definition) is 10. The Balaban J connectivity index is 0.000000108. The number of nitrogens with zero attached hydrogens (tertiary/aromatic N) is 5. The molecule has 250 valence electrons. The highest BCUT2D eigenvalue weighted by molar-refractivity contribution is 7.19. The standard InChI is InChI=1S/5C8H7NS/c1-6-8-7(2-4-9-6)3-5-10-8;1-6-5-10-8-4-9-3-2-7(6)8;1-6-4-9-5-8-7(6)2-3-10-8;1-6-4-7-2-3-10-8(7)5-9-6;1-6-4-7-2-3-9-5-8(7)10-6/h5*2-5H,1H3. The Bertz CT molecular complexity index is 2470. The third-order valence-electron chi connectivity index (χ3n) is 7.62. The van der Waals surface area contributed by atoms with E-state index >= 15 is 0 Å². The van der Waals surface area contributed by atoms with Gasteiger partial charge < -0.3 is 0 Å². The summed E-state index contributed by atoms with van der Waals surface area (Å²) in [4.78, 5) is 21.9. The fourth-order valence-electron chi connectivity index (χ4n) is 5.08. The molecule has 0 aliphatic rings. The fourth-order valence-corrected chi connectivity index (χ4v) is 9.29. The maximum Gasteiger partial charge on any atom is 0.0555 e. The van der Waals surface area contributed by atoms with Crippen LogP contribution in [0.1, 0.15) is 27.4 Å². The molecular weight excluding hydrogens is 711 g/mol. The van der Waals surface area contributed by atoms with Crippen molar-refractivity contribution in [1.82, 2.24) is 24.9 Å². The Kier molecular flexibility index (Phi) is 12.0. The van der Waals surface area contributed by atoms with Crippen LogP contribution in [0.2, 0.25) is 0 Å². The van der Waals surface area contributed by atoms with Gasteiger partial charge in [-0.05, 0) is 143 Å². The van der Waals surface area contributed by atoms with Crippen LogP contribution in [0.5, 0.6) is 0 Å². The van der Waals surface area contributed by atoms with Crippen molar-refractivity contribution in [2.75, 3.05) is 0 Å². The first-order valence-electron chi connectivity index (χ1n) is 15.8. The first kappa shape index (κ1) is 35.4. The van der Waals surface area contributed by atoms with Crippen molar-refractivity contribution >= 4 is 107 Å². The van der Waals surface area contributed by atoms with Crippen molar-refractivity contribution in [1.29, 1.82) is 0 Å². The molecule has 10 rings (SSSR count). The van der Waals surface area contributed by atoms with Gasteiger partial charge in [0.15, 0.2) is 0 Å². The first-order valence-corrected chi connectivity index (χ1v) is 20.1. The highest BCUT2D eigenvalue weighted by Gasteiger charge is 1.98. The lowest BCUT2D eigenvalue weighted by Crippen LogP contribution is -1.76. The molecule has 0 bridgehead atoms. The van der Waals surface area contributed by atoms with E-state index in [9.17, 15) is 0 Å². The van der Waals surface area contributed by atoms with E-state index in [0.717, 1.165) is 11.4 Å². The quantitative estimate of drug-likeness (QED) is 0.155. The zero-order valence-corrected chi connectivity index (χ0v) is 32.4. The smallest absolute Gasteiger partial charge is 0.0555 e. The molecule has 10 heteroatoms. The summed E-state index contributed by atoms with van der Waals surface area (Å²) in [6.45, 7) is 10.4. The normalized spacial score (nSPS) is 10.5. The van der Waals surface area contributed by atoms with Gasteiger partial charge in [-0.3, -0.25) is 24.9 Å². The van der Waals surface area contributed by atoms with E-state index in [4.69, 9.17) is 0 Å². The van der Waals surface area contributed by atoms with Gasteiger partial charge in [0.1, 0.15) is 0 Å². The van der Waals surface area contributed by atoms with E-state index in [-0.39, 0.29) is 0 Å². The molecule has 0 fully saturated rings. The van der Waals surface area contributed by atoms with Gasteiger partial charge in [-0.15, -0.1) is 56.7 Å². The van der Waals surface area contributed by atoms with E-state index < -0.39 is 0 Å². The van der Waals surface area contributed by atoms with Gasteiger partial charge in [-0.2, -0.15) is 0 Å². The molecule has 0 atom stereocenters. The summed E-state index contributed by atoms with van der Waals surface area (Å²) in [5.74, 6) is 0. The Labute approximate surface area is 311 Å². The molecule has 0 amide bonds. The molecule has 5 nitrogen and oxygen atoms in total. The van der Waals surface area contributed by atoms with Crippen molar-refractivity contribution in [3.05, 3.63) is 147 Å². The number of rotatable bonds is 0. The van der Waals surface area contributed by atoms with Gasteiger partial charge in [-0.1, -0.05) is 0 Å². The Morgan fingerprint density at radius 1 is 0.480 bits per heavy atom. The summed E-state index contributed by atoms with van der Waals surface area (Å²) in [5, 5.41) is 15.0. The molecule has 0 N–H and O–H groups in total. The molecule has 0 spiro atoms. The first-order chi connectivity index (χ1) is 24.4. The van der Waals surface area contributed by atoms with Crippen molar-refractivity contribution in [3.8, 4) is 0 Å². The predicted octanol–water partition coefficient (Wildman–Crippen LogP) is 13.0. The van der Waals surface area contributed by atoms with Crippen LogP contribution < -0.4 is 0 Å². The van der Waals surface area contributed by atoms with Crippen molar-refractivity contribution in [2.24, 2.45) is 0 Å². The molecule has 0 unspecified atom stereocenters. The minimum Gasteiger partial charge on any atom is -0.263 e. The summed E-state index contributed by atoms with van der Waals surface area (Å²) in [6, 6.07) is 16.8. The SMILES string of the molecule is Cc1cc2ccncc2s1.Cc1cc2ccsc2cn1.Cc1cncc2sccc12.Cc1csc2cnccc12.Cc1nccc2ccsc12. The van der Waals surface area contributed by atoms with Crippen LogP contribution in [0.15, 0.2) is 120 Å². The summed E-state index contributed by atoms with van der Waals surface area (Å²) >= 11 is 8.76. The van der Waals surface area contributed by atoms with E-state index in [1.54, 1.807) is 56.7 Å². The van der Waals surface area contributed by atoms with E-state index in [2.05, 4.69) is 104 Å². The number of pyridine rings is 5. The Morgan fingerprint density at radius 3 is 1.94 bits per heavy atom. The second-order valence-electron chi connectivity index (χ2n) is 11.4. The largest absolute Gasteiger partial charge is 0.263 e. The summed E-state index contributed by atoms with van der Waals surface area (Å²) < 4.78 is 6.41. The van der Waals surface area contributed by atoms with Gasteiger partial charge in [0, 0.05) is 60.1 Å². The molecular formula is C40H35N5S5. The molecule has 0 aromatic carbocycles. The van der Waals surface area contributed by atoms with Crippen molar-refractivity contribution in [2.45, 2.75) is 34.6 Å². The molecule has 10 aromatic heterocycles. The van der Waals surface area contributed by atoms with Gasteiger partial charge in [0.2, 0.25) is 0 Å². The maximum absolute atomic E-state index is 4.19. The molecule has 0 aliphatic carbocycles. The molecule has 10 heterocycles. The molecule has 0 saturated carbocycles. The topological polar surface area (TPSA) is 64.5 Å². The summed E-state index contributed by atoms with van der Waals surface area (Å²) in [7, 11) is 0. The summed E-state index contributed by atoms with van der Waals surface area (Å²) in [5.41, 5.74) is 4.83. The zero-order valence-electron chi connectivity index (χ0n) is 28.3. The lowest BCUT2D eigenvalue weighted by molar-refractivity contribution is 1.23. The van der Waals surface area contributed by atoms with Crippen LogP contribution >= 0.6 is 56.7 Å². The lowest BCUT2D eigenvalue weighted by atomic mass is 10.2. The van der Waals surface area contributed by atoms with Crippen LogP contribution in [-0.4, -0.2) is 24.9 Å². The monoisotopic (exact) mass is 745 g/mol. The van der Waals surface area contributed by atoms with E-state index in [1.807, 2.05) is 75.6 Å². The zero-order chi connectivity index (χ0) is 34.9. The van der Waals surface area contributed by atoms with Crippen LogP contribution in [0.25, 0.3) is 50.4 Å². The third-order valence-corrected chi connectivity index (χ3v) is 12.4. The summed E-state index contributed by atoms with van der Waals surface area (Å²) in [6.07, 6.45) is 15.1. The number of hydrogen-bond donors (Lipinski definition) is 0. The molecule has 10 aromatic rings. The second-order valence-corrected chi connectivity index (χ2v) is 16.4. The second kappa shape index (κ2) is 17.0. The number of thiophene rings is 5. The van der Waals surface area contributed by atoms with Crippen LogP contribution in [0, 0.1) is 34.6 Å². The minimum absolute atomic E-state index is 1.09. The van der Waals surface area contributed by atoms with Gasteiger partial charge >= 0.3 is 0 Å². The fraction of sp³-hybridized carbons (Fsp3) is 0.125. The van der Waals surface area contributed by atoms with Crippen LogP contribution in [0.4, 0.5) is 0 Å². The van der Waals surface area contributed by atoms with Gasteiger partial charge in [0.05, 0.1) is 29.2 Å². The lowest BCUT2D eigenvalue weighted by Gasteiger charge is -1.91. The van der Waals surface area contributed by atoms with Crippen molar-refractivity contribution in [3.63, 3.8) is 0 Å². The number of fused-ring (bicyclic) bond motifs is 5. The minimum atomic E-state index is 1.09. The van der Waals surface area contributed by atoms with Crippen LogP contribution in [0.3, 0.4) is 0 Å². The highest BCUT2D eigenvalue weighted by Crippen LogP contribution is 2.25. The Hall–Kier alpha value is -4.45.